The number of thiazole rings is 1. The fraction of sp³-hybridized carbons (Fsp3) is 0.667. The van der Waals surface area contributed by atoms with E-state index in [1.54, 1.807) is 19.3 Å². The number of carbonyl (C=O) groups excluding carboxylic acids is 1. The maximum Gasteiger partial charge on any atom is 0.422 e. The second kappa shape index (κ2) is 11.4. The van der Waals surface area contributed by atoms with Crippen molar-refractivity contribution in [1.29, 1.82) is 0 Å². The Hall–Kier alpha value is -2.34. The van der Waals surface area contributed by atoms with Crippen molar-refractivity contribution in [3.8, 4) is 5.19 Å². The molecule has 1 aliphatic heterocycles. The van der Waals surface area contributed by atoms with Crippen LogP contribution in [0.5, 0.6) is 5.19 Å². The van der Waals surface area contributed by atoms with Gasteiger partial charge < -0.3 is 15.0 Å². The predicted molar refractivity (Wildman–Crippen MR) is 127 cm³/mol. The molecule has 2 aromatic rings. The first kappa shape index (κ1) is 26.7. The van der Waals surface area contributed by atoms with Gasteiger partial charge in [-0.1, -0.05) is 11.3 Å². The van der Waals surface area contributed by atoms with Crippen molar-refractivity contribution in [2.45, 2.75) is 76.2 Å². The van der Waals surface area contributed by atoms with E-state index in [-0.39, 0.29) is 23.6 Å². The number of hydrogen-bond acceptors (Lipinski definition) is 7. The van der Waals surface area contributed by atoms with Gasteiger partial charge in [0.2, 0.25) is 5.91 Å². The van der Waals surface area contributed by atoms with E-state index >= 15 is 4.39 Å². The number of fused-ring (bicyclic) bond motifs is 1. The topological polar surface area (TPSA) is 80.2 Å². The molecule has 0 spiro atoms. The summed E-state index contributed by atoms with van der Waals surface area (Å²) in [5.41, 5.74) is 0.281. The summed E-state index contributed by atoms with van der Waals surface area (Å²) in [4.78, 5) is 27.9. The number of nitrogens with one attached hydrogen (secondary N) is 1. The van der Waals surface area contributed by atoms with Crippen molar-refractivity contribution in [3.05, 3.63) is 34.4 Å². The lowest BCUT2D eigenvalue weighted by molar-refractivity contribution is -0.153. The molecule has 0 aromatic carbocycles. The van der Waals surface area contributed by atoms with Crippen molar-refractivity contribution < 1.29 is 27.1 Å². The van der Waals surface area contributed by atoms with E-state index in [4.69, 9.17) is 4.74 Å². The first-order valence-electron chi connectivity index (χ1n) is 12.2. The minimum Gasteiger partial charge on any atom is -0.460 e. The number of hydrogen-bond donors (Lipinski definition) is 1. The molecule has 3 heterocycles. The molecule has 1 N–H and O–H groups in total. The number of aromatic nitrogens is 3. The van der Waals surface area contributed by atoms with Crippen LogP contribution >= 0.6 is 11.3 Å². The van der Waals surface area contributed by atoms with Crippen LogP contribution in [-0.4, -0.2) is 69.9 Å². The second-order valence-corrected chi connectivity index (χ2v) is 10.7. The summed E-state index contributed by atoms with van der Waals surface area (Å²) in [7, 11) is 0. The summed E-state index contributed by atoms with van der Waals surface area (Å²) < 4.78 is 57.4. The molecule has 0 unspecified atom stereocenters. The number of carbonyl (C=O) groups is 1. The van der Waals surface area contributed by atoms with E-state index < -0.39 is 18.5 Å². The van der Waals surface area contributed by atoms with Crippen molar-refractivity contribution in [2.75, 3.05) is 26.2 Å². The van der Waals surface area contributed by atoms with Crippen molar-refractivity contribution in [1.82, 2.24) is 25.2 Å². The Kier molecular flexibility index (Phi) is 8.44. The van der Waals surface area contributed by atoms with Crippen LogP contribution in [0.2, 0.25) is 0 Å². The van der Waals surface area contributed by atoms with Crippen LogP contribution in [0, 0.1) is 6.92 Å². The first-order chi connectivity index (χ1) is 17.1. The van der Waals surface area contributed by atoms with Gasteiger partial charge in [-0.2, -0.15) is 13.2 Å². The molecule has 2 aromatic heterocycles. The summed E-state index contributed by atoms with van der Waals surface area (Å²) in [6, 6.07) is -0.0262. The number of halogens is 4. The Labute approximate surface area is 211 Å². The number of aryl methyl sites for hydroxylation is 1. The fourth-order valence-electron chi connectivity index (χ4n) is 4.68. The third-order valence-corrected chi connectivity index (χ3v) is 7.83. The minimum absolute atomic E-state index is 0.0262. The molecule has 0 bridgehead atoms. The second-order valence-electron chi connectivity index (χ2n) is 9.65. The molecule has 0 saturated heterocycles. The lowest BCUT2D eigenvalue weighted by atomic mass is 9.81. The van der Waals surface area contributed by atoms with Crippen LogP contribution < -0.4 is 10.1 Å². The highest BCUT2D eigenvalue weighted by Crippen LogP contribution is 2.36. The van der Waals surface area contributed by atoms with Crippen LogP contribution in [0.3, 0.4) is 0 Å². The smallest absolute Gasteiger partial charge is 0.422 e. The van der Waals surface area contributed by atoms with Gasteiger partial charge in [-0.3, -0.25) is 4.79 Å². The van der Waals surface area contributed by atoms with Gasteiger partial charge >= 0.3 is 6.18 Å². The molecule has 7 nitrogen and oxygen atoms in total. The summed E-state index contributed by atoms with van der Waals surface area (Å²) in [6.07, 6.45) is 2.86. The minimum atomic E-state index is -4.39. The molecular formula is C24H31F4N5O2S. The molecule has 36 heavy (non-hydrogen) atoms. The van der Waals surface area contributed by atoms with E-state index in [0.29, 0.717) is 70.4 Å². The van der Waals surface area contributed by atoms with E-state index in [0.717, 1.165) is 16.1 Å². The number of nitrogens with zero attached hydrogens (tertiary/aromatic N) is 4. The molecule has 1 saturated carbocycles. The Morgan fingerprint density at radius 1 is 1.22 bits per heavy atom. The molecule has 1 amide bonds. The van der Waals surface area contributed by atoms with Gasteiger partial charge in [0.25, 0.3) is 5.19 Å². The lowest BCUT2D eigenvalue weighted by Gasteiger charge is -2.35. The molecule has 198 valence electrons. The van der Waals surface area contributed by atoms with E-state index in [2.05, 4.69) is 25.2 Å². The molecule has 12 heteroatoms. The van der Waals surface area contributed by atoms with Gasteiger partial charge in [-0.25, -0.2) is 19.3 Å². The maximum atomic E-state index is 15.5. The monoisotopic (exact) mass is 529 g/mol. The standard InChI is InChI=1S/C24H31F4N5O2S/c1-16-29-13-17(14-30-16)12-21(34)31-18-2-6-23(25,7-3-18)8-11-33-9-4-19-20(5-10-33)36-22(32-19)35-15-24(26,27)28/h13-14,18H,2-12,15H2,1H3,(H,31,34). The van der Waals surface area contributed by atoms with Crippen LogP contribution in [0.15, 0.2) is 12.4 Å². The van der Waals surface area contributed by atoms with Crippen molar-refractivity contribution >= 4 is 17.2 Å². The van der Waals surface area contributed by atoms with Gasteiger partial charge in [0, 0.05) is 49.4 Å². The Bertz CT molecular complexity index is 997. The zero-order valence-corrected chi connectivity index (χ0v) is 21.1. The molecule has 4 rings (SSSR count). The van der Waals surface area contributed by atoms with Gasteiger partial charge in [0.15, 0.2) is 6.61 Å². The van der Waals surface area contributed by atoms with Gasteiger partial charge in [0.05, 0.1) is 12.1 Å². The normalized spacial score (nSPS) is 23.1. The fourth-order valence-corrected chi connectivity index (χ4v) is 5.62. The van der Waals surface area contributed by atoms with Gasteiger partial charge in [-0.05, 0) is 51.0 Å². The van der Waals surface area contributed by atoms with E-state index in [1.807, 2.05) is 0 Å². The molecule has 2 aliphatic rings. The third-order valence-electron chi connectivity index (χ3n) is 6.76. The number of amides is 1. The van der Waals surface area contributed by atoms with Gasteiger partial charge in [-0.15, -0.1) is 0 Å². The van der Waals surface area contributed by atoms with Gasteiger partial charge in [0.1, 0.15) is 11.5 Å². The zero-order chi connectivity index (χ0) is 25.8. The number of rotatable bonds is 8. The highest BCUT2D eigenvalue weighted by Gasteiger charge is 2.36. The van der Waals surface area contributed by atoms with E-state index in [1.165, 1.54) is 11.3 Å². The first-order valence-corrected chi connectivity index (χ1v) is 13.0. The Morgan fingerprint density at radius 2 is 1.92 bits per heavy atom. The van der Waals surface area contributed by atoms with E-state index in [9.17, 15) is 18.0 Å². The van der Waals surface area contributed by atoms with Crippen LogP contribution in [0.25, 0.3) is 0 Å². The largest absolute Gasteiger partial charge is 0.460 e. The molecule has 1 fully saturated rings. The maximum absolute atomic E-state index is 15.5. The number of ether oxygens (including phenoxy) is 1. The highest BCUT2D eigenvalue weighted by atomic mass is 32.1. The average Bonchev–Trinajstić information content (AvgIpc) is 3.12. The summed E-state index contributed by atoms with van der Waals surface area (Å²) in [5.74, 6) is 0.554. The van der Waals surface area contributed by atoms with Crippen LogP contribution in [0.4, 0.5) is 17.6 Å². The van der Waals surface area contributed by atoms with Crippen molar-refractivity contribution in [3.63, 3.8) is 0 Å². The number of alkyl halides is 4. The predicted octanol–water partition coefficient (Wildman–Crippen LogP) is 3.98. The highest BCUT2D eigenvalue weighted by molar-refractivity contribution is 7.13. The zero-order valence-electron chi connectivity index (χ0n) is 20.2. The third kappa shape index (κ3) is 7.83. The average molecular weight is 530 g/mol. The Morgan fingerprint density at radius 3 is 2.61 bits per heavy atom. The van der Waals surface area contributed by atoms with Crippen LogP contribution in [0.1, 0.15) is 54.1 Å². The van der Waals surface area contributed by atoms with Crippen molar-refractivity contribution in [2.24, 2.45) is 0 Å². The quantitative estimate of drug-likeness (QED) is 0.521. The van der Waals surface area contributed by atoms with Crippen LogP contribution in [-0.2, 0) is 24.1 Å². The summed E-state index contributed by atoms with van der Waals surface area (Å²) in [5, 5.41) is 3.07. The molecule has 1 aliphatic carbocycles. The SMILES string of the molecule is Cc1ncc(CC(=O)NC2CCC(F)(CCN3CCc4nc(OCC(F)(F)F)sc4CC3)CC2)cn1. The summed E-state index contributed by atoms with van der Waals surface area (Å²) in [6.45, 7) is 2.47. The Balaban J connectivity index is 1.17. The summed E-state index contributed by atoms with van der Waals surface area (Å²) >= 11 is 1.17. The molecule has 0 atom stereocenters. The molecule has 0 radical (unpaired) electrons. The lowest BCUT2D eigenvalue weighted by Crippen LogP contribution is -2.43. The molecular weight excluding hydrogens is 498 g/mol.